The molecule has 0 saturated carbocycles. The van der Waals surface area contributed by atoms with Crippen molar-refractivity contribution >= 4 is 53.0 Å². The summed E-state index contributed by atoms with van der Waals surface area (Å²) in [5.74, 6) is 2.02. The molecule has 5 rings (SSSR count). The second-order valence-corrected chi connectivity index (χ2v) is 13.1. The number of nitrogens with zero attached hydrogens (tertiary/aromatic N) is 4. The van der Waals surface area contributed by atoms with Gasteiger partial charge in [0.15, 0.2) is 5.82 Å². The average Bonchev–Trinajstić information content (AvgIpc) is 3.50. The van der Waals surface area contributed by atoms with E-state index in [1.54, 1.807) is 20.4 Å². The highest BCUT2D eigenvalue weighted by Gasteiger charge is 2.42. The molecular weight excluding hydrogens is 499 g/mol. The normalized spacial score (nSPS) is 19.6. The van der Waals surface area contributed by atoms with E-state index in [4.69, 9.17) is 26.1 Å². The Morgan fingerprint density at radius 1 is 1.11 bits per heavy atom. The number of ether oxygens (including phenoxy) is 2. The first-order valence-corrected chi connectivity index (χ1v) is 14.9. The van der Waals surface area contributed by atoms with Gasteiger partial charge in [0.1, 0.15) is 23.7 Å². The van der Waals surface area contributed by atoms with Crippen LogP contribution in [0.15, 0.2) is 42.6 Å². The maximum Gasteiger partial charge on any atom is 0.239 e. The average molecular weight is 529 g/mol. The minimum Gasteiger partial charge on any atom is -0.479 e. The molecule has 2 aliphatic rings. The molecule has 2 aliphatic heterocycles. The lowest BCUT2D eigenvalue weighted by Gasteiger charge is -2.24. The van der Waals surface area contributed by atoms with Crippen LogP contribution >= 0.6 is 18.7 Å². The Morgan fingerprint density at radius 3 is 2.69 bits per heavy atom. The molecule has 1 unspecified atom stereocenters. The van der Waals surface area contributed by atoms with Gasteiger partial charge >= 0.3 is 0 Å². The highest BCUT2D eigenvalue weighted by atomic mass is 35.5. The number of hydrogen-bond donors (Lipinski definition) is 2. The smallest absolute Gasteiger partial charge is 0.239 e. The Bertz CT molecular complexity index is 1310. The third kappa shape index (κ3) is 5.14. The van der Waals surface area contributed by atoms with Crippen molar-refractivity contribution in [3.63, 3.8) is 0 Å². The van der Waals surface area contributed by atoms with Crippen LogP contribution in [0.25, 0.3) is 0 Å². The van der Waals surface area contributed by atoms with E-state index in [0.717, 1.165) is 50.1 Å². The van der Waals surface area contributed by atoms with Crippen LogP contribution in [0.1, 0.15) is 19.3 Å². The Morgan fingerprint density at radius 2 is 1.94 bits per heavy atom. The van der Waals surface area contributed by atoms with Crippen molar-refractivity contribution in [1.29, 1.82) is 0 Å². The van der Waals surface area contributed by atoms with E-state index in [0.29, 0.717) is 34.0 Å². The number of hydrogen-bond acceptors (Lipinski definition) is 9. The summed E-state index contributed by atoms with van der Waals surface area (Å²) in [6.07, 6.45) is 4.75. The predicted molar refractivity (Wildman–Crippen MR) is 145 cm³/mol. The van der Waals surface area contributed by atoms with E-state index >= 15 is 0 Å². The molecule has 0 aliphatic carbocycles. The molecule has 0 bridgehead atoms. The van der Waals surface area contributed by atoms with Gasteiger partial charge in [-0.1, -0.05) is 23.7 Å². The first-order valence-electron chi connectivity index (χ1n) is 11.9. The Kier molecular flexibility index (Phi) is 6.81. The zero-order valence-corrected chi connectivity index (χ0v) is 22.3. The van der Waals surface area contributed by atoms with Crippen molar-refractivity contribution in [2.24, 2.45) is 0 Å². The first-order chi connectivity index (χ1) is 17.3. The molecule has 1 aromatic carbocycles. The molecule has 0 radical (unpaired) electrons. The van der Waals surface area contributed by atoms with Crippen LogP contribution in [0.2, 0.25) is 5.02 Å². The van der Waals surface area contributed by atoms with Crippen molar-refractivity contribution in [2.75, 3.05) is 55.7 Å². The summed E-state index contributed by atoms with van der Waals surface area (Å²) in [4.78, 5) is 15.8. The SMILES string of the molecule is COc1nc(N2CCC3(CCCO3)C2)ccc1Nc1ncc(Cl)c(Nc2ccccc2P(C)(C)=O)n1. The number of pyridine rings is 1. The second-order valence-electron chi connectivity index (χ2n) is 9.54. The molecule has 1 spiro atoms. The second kappa shape index (κ2) is 9.88. The van der Waals surface area contributed by atoms with Gasteiger partial charge in [-0.15, -0.1) is 0 Å². The lowest BCUT2D eigenvalue weighted by molar-refractivity contribution is 0.0231. The van der Waals surface area contributed by atoms with Crippen molar-refractivity contribution in [3.8, 4) is 5.88 Å². The van der Waals surface area contributed by atoms with Crippen LogP contribution in [0, 0.1) is 0 Å². The number of para-hydroxylation sites is 1. The van der Waals surface area contributed by atoms with Gasteiger partial charge in [-0.2, -0.15) is 9.97 Å². The fourth-order valence-corrected chi connectivity index (χ4v) is 6.08. The maximum atomic E-state index is 12.7. The van der Waals surface area contributed by atoms with E-state index in [-0.39, 0.29) is 5.60 Å². The summed E-state index contributed by atoms with van der Waals surface area (Å²) in [5.41, 5.74) is 1.29. The summed E-state index contributed by atoms with van der Waals surface area (Å²) in [7, 11) is -0.923. The lowest BCUT2D eigenvalue weighted by Crippen LogP contribution is -2.32. The standard InChI is InChI=1S/C25H30ClN6O3P/c1-34-23-19(9-10-21(30-23)32-13-12-25(16-32)11-6-14-35-25)29-24-27-15-17(26)22(31-24)28-18-7-4-5-8-20(18)36(2,3)33/h4-5,7-10,15H,6,11-14,16H2,1-3H3,(H2,27,28,29,31). The fraction of sp³-hybridized carbons (Fsp3) is 0.400. The molecule has 0 amide bonds. The van der Waals surface area contributed by atoms with Gasteiger partial charge in [0.2, 0.25) is 11.8 Å². The van der Waals surface area contributed by atoms with Crippen molar-refractivity contribution in [1.82, 2.24) is 15.0 Å². The fourth-order valence-electron chi connectivity index (χ4n) is 4.79. The van der Waals surface area contributed by atoms with Crippen LogP contribution in [0.4, 0.5) is 29.0 Å². The number of methoxy groups -OCH3 is 1. The predicted octanol–water partition coefficient (Wildman–Crippen LogP) is 5.03. The Balaban J connectivity index is 1.36. The quantitative estimate of drug-likeness (QED) is 0.409. The molecule has 4 heterocycles. The molecular formula is C25H30ClN6O3P. The summed E-state index contributed by atoms with van der Waals surface area (Å²) < 4.78 is 24.4. The van der Waals surface area contributed by atoms with Crippen LogP contribution in [0.5, 0.6) is 5.88 Å². The minimum absolute atomic E-state index is 0.0334. The molecule has 2 saturated heterocycles. The van der Waals surface area contributed by atoms with E-state index in [2.05, 4.69) is 25.5 Å². The Hall–Kier alpha value is -2.87. The summed E-state index contributed by atoms with van der Waals surface area (Å²) in [6.45, 7) is 6.05. The first kappa shape index (κ1) is 24.8. The molecule has 2 fully saturated rings. The molecule has 190 valence electrons. The highest BCUT2D eigenvalue weighted by Crippen LogP contribution is 2.39. The van der Waals surface area contributed by atoms with E-state index in [1.165, 1.54) is 6.20 Å². The van der Waals surface area contributed by atoms with Gasteiger partial charge < -0.3 is 29.6 Å². The van der Waals surface area contributed by atoms with Crippen LogP contribution in [0.3, 0.4) is 0 Å². The molecule has 11 heteroatoms. The Labute approximate surface area is 216 Å². The van der Waals surface area contributed by atoms with Gasteiger partial charge in [-0.25, -0.2) is 4.98 Å². The zero-order chi connectivity index (χ0) is 25.3. The largest absolute Gasteiger partial charge is 0.479 e. The lowest BCUT2D eigenvalue weighted by atomic mass is 10.00. The topological polar surface area (TPSA) is 102 Å². The molecule has 36 heavy (non-hydrogen) atoms. The summed E-state index contributed by atoms with van der Waals surface area (Å²) in [5, 5.41) is 7.46. The van der Waals surface area contributed by atoms with Crippen molar-refractivity contribution in [2.45, 2.75) is 24.9 Å². The van der Waals surface area contributed by atoms with Crippen LogP contribution in [-0.2, 0) is 9.30 Å². The molecule has 3 aromatic rings. The van der Waals surface area contributed by atoms with E-state index < -0.39 is 7.14 Å². The van der Waals surface area contributed by atoms with Gasteiger partial charge in [0, 0.05) is 25.0 Å². The van der Waals surface area contributed by atoms with Gasteiger partial charge in [-0.05, 0) is 56.9 Å². The zero-order valence-electron chi connectivity index (χ0n) is 20.6. The molecule has 2 N–H and O–H groups in total. The van der Waals surface area contributed by atoms with Crippen molar-refractivity contribution < 1.29 is 14.0 Å². The van der Waals surface area contributed by atoms with E-state index in [9.17, 15) is 4.57 Å². The summed E-state index contributed by atoms with van der Waals surface area (Å²) in [6, 6.07) is 11.3. The number of rotatable bonds is 7. The van der Waals surface area contributed by atoms with Gasteiger partial charge in [0.25, 0.3) is 0 Å². The molecule has 9 nitrogen and oxygen atoms in total. The number of nitrogens with one attached hydrogen (secondary N) is 2. The minimum atomic E-state index is -2.51. The van der Waals surface area contributed by atoms with Gasteiger partial charge in [-0.3, -0.25) is 0 Å². The maximum absolute atomic E-state index is 12.7. The van der Waals surface area contributed by atoms with Crippen LogP contribution in [-0.4, -0.2) is 60.7 Å². The third-order valence-electron chi connectivity index (χ3n) is 6.59. The van der Waals surface area contributed by atoms with Gasteiger partial charge in [0.05, 0.1) is 24.6 Å². The highest BCUT2D eigenvalue weighted by molar-refractivity contribution is 7.70. The third-order valence-corrected chi connectivity index (χ3v) is 8.42. The number of aromatic nitrogens is 3. The van der Waals surface area contributed by atoms with Crippen molar-refractivity contribution in [3.05, 3.63) is 47.6 Å². The number of halogens is 1. The van der Waals surface area contributed by atoms with E-state index in [1.807, 2.05) is 36.4 Å². The summed E-state index contributed by atoms with van der Waals surface area (Å²) >= 11 is 6.38. The molecule has 1 atom stereocenters. The number of benzene rings is 1. The molecule has 2 aromatic heterocycles. The monoisotopic (exact) mass is 528 g/mol. The van der Waals surface area contributed by atoms with Crippen LogP contribution < -0.4 is 25.6 Å². The number of anilines is 5.